The molecule has 0 aliphatic carbocycles. The number of unbranched alkanes of at least 4 members (excludes halogenated alkanes) is 11. The molecule has 3 nitrogen and oxygen atoms in total. The van der Waals surface area contributed by atoms with Crippen LogP contribution in [0, 0.1) is 0 Å². The molecule has 0 rings (SSSR count). The van der Waals surface area contributed by atoms with E-state index in [9.17, 15) is 5.11 Å². The van der Waals surface area contributed by atoms with Gasteiger partial charge in [0, 0.05) is 0 Å². The van der Waals surface area contributed by atoms with Crippen molar-refractivity contribution in [3.05, 3.63) is 0 Å². The van der Waals surface area contributed by atoms with Gasteiger partial charge in [0.1, 0.15) is 0 Å². The quantitative estimate of drug-likeness (QED) is 0.402. The van der Waals surface area contributed by atoms with Crippen LogP contribution in [-0.2, 0) is 0 Å². The number of rotatable bonds is 15. The maximum atomic E-state index is 9.59. The highest BCUT2D eigenvalue weighted by Gasteiger charge is 2.12. The number of hydrogen-bond donors (Lipinski definition) is 3. The molecule has 0 saturated heterocycles. The molecule has 0 radical (unpaired) electrons. The molecule has 0 saturated carbocycles. The van der Waals surface area contributed by atoms with Gasteiger partial charge in [-0.3, -0.25) is 0 Å². The van der Waals surface area contributed by atoms with Crippen molar-refractivity contribution in [3.63, 3.8) is 0 Å². The Morgan fingerprint density at radius 3 is 1.55 bits per heavy atom. The van der Waals surface area contributed by atoms with E-state index in [0.717, 1.165) is 12.8 Å². The minimum atomic E-state index is -0.539. The number of hydrogen-bond acceptors (Lipinski definition) is 3. The van der Waals surface area contributed by atoms with Crippen LogP contribution >= 0.6 is 0 Å². The molecular formula is C17H37NO2. The Labute approximate surface area is 126 Å². The molecule has 0 spiro atoms. The lowest BCUT2D eigenvalue weighted by molar-refractivity contribution is 0.0990. The number of nitrogens with two attached hydrogens (primary N) is 1. The summed E-state index contributed by atoms with van der Waals surface area (Å²) < 4.78 is 0. The van der Waals surface area contributed by atoms with Crippen LogP contribution in [0.15, 0.2) is 0 Å². The molecule has 0 aromatic carbocycles. The van der Waals surface area contributed by atoms with E-state index in [-0.39, 0.29) is 6.61 Å². The maximum Gasteiger partial charge on any atom is 0.0713 e. The molecule has 0 aromatic heterocycles. The topological polar surface area (TPSA) is 66.5 Å². The van der Waals surface area contributed by atoms with Gasteiger partial charge in [-0.1, -0.05) is 84.0 Å². The van der Waals surface area contributed by atoms with Gasteiger partial charge < -0.3 is 15.9 Å². The van der Waals surface area contributed by atoms with E-state index < -0.39 is 12.1 Å². The lowest BCUT2D eigenvalue weighted by Gasteiger charge is -2.15. The van der Waals surface area contributed by atoms with Gasteiger partial charge >= 0.3 is 0 Å². The van der Waals surface area contributed by atoms with E-state index in [1.165, 1.54) is 70.6 Å². The second-order valence-corrected chi connectivity index (χ2v) is 6.09. The minimum absolute atomic E-state index is 0.126. The zero-order valence-corrected chi connectivity index (χ0v) is 13.5. The highest BCUT2D eigenvalue weighted by atomic mass is 16.3. The van der Waals surface area contributed by atoms with Gasteiger partial charge in [0.05, 0.1) is 18.8 Å². The van der Waals surface area contributed by atoms with Crippen molar-refractivity contribution in [2.45, 2.75) is 103 Å². The van der Waals surface area contributed by atoms with E-state index in [2.05, 4.69) is 6.92 Å². The van der Waals surface area contributed by atoms with Crippen LogP contribution in [0.4, 0.5) is 0 Å². The van der Waals surface area contributed by atoms with Crippen molar-refractivity contribution in [1.29, 1.82) is 0 Å². The molecule has 122 valence electrons. The fourth-order valence-electron chi connectivity index (χ4n) is 2.53. The second-order valence-electron chi connectivity index (χ2n) is 6.09. The van der Waals surface area contributed by atoms with Crippen LogP contribution in [0.2, 0.25) is 0 Å². The molecule has 0 unspecified atom stereocenters. The zero-order valence-electron chi connectivity index (χ0n) is 13.5. The van der Waals surface area contributed by atoms with Crippen molar-refractivity contribution in [1.82, 2.24) is 0 Å². The third-order valence-electron chi connectivity index (χ3n) is 4.06. The normalized spacial score (nSPS) is 14.4. The fourth-order valence-corrected chi connectivity index (χ4v) is 2.53. The Bertz CT molecular complexity index is 188. The molecular weight excluding hydrogens is 250 g/mol. The van der Waals surface area contributed by atoms with Gasteiger partial charge in [-0.25, -0.2) is 0 Å². The first-order chi connectivity index (χ1) is 9.72. The molecule has 20 heavy (non-hydrogen) atoms. The first-order valence-corrected chi connectivity index (χ1v) is 8.76. The van der Waals surface area contributed by atoms with Crippen LogP contribution in [0.25, 0.3) is 0 Å². The summed E-state index contributed by atoms with van der Waals surface area (Å²) >= 11 is 0. The van der Waals surface area contributed by atoms with Gasteiger partial charge in [0.2, 0.25) is 0 Å². The molecule has 0 fully saturated rings. The summed E-state index contributed by atoms with van der Waals surface area (Å²) in [7, 11) is 0. The molecule has 0 heterocycles. The Hall–Kier alpha value is -0.120. The van der Waals surface area contributed by atoms with Crippen molar-refractivity contribution in [2.24, 2.45) is 5.73 Å². The van der Waals surface area contributed by atoms with E-state index in [4.69, 9.17) is 10.8 Å². The lowest BCUT2D eigenvalue weighted by atomic mass is 10.0. The van der Waals surface area contributed by atoms with Gasteiger partial charge in [-0.15, -0.1) is 0 Å². The average molecular weight is 287 g/mol. The summed E-state index contributed by atoms with van der Waals surface area (Å²) in [6.07, 6.45) is 16.0. The van der Waals surface area contributed by atoms with Crippen LogP contribution in [0.1, 0.15) is 90.4 Å². The summed E-state index contributed by atoms with van der Waals surface area (Å²) in [5.74, 6) is 0. The molecule has 2 atom stereocenters. The highest BCUT2D eigenvalue weighted by molar-refractivity contribution is 4.70. The second kappa shape index (κ2) is 15.3. The van der Waals surface area contributed by atoms with Crippen LogP contribution in [0.3, 0.4) is 0 Å². The lowest BCUT2D eigenvalue weighted by Crippen LogP contribution is -2.37. The Morgan fingerprint density at radius 2 is 1.15 bits per heavy atom. The fraction of sp³-hybridized carbons (Fsp3) is 1.00. The Kier molecular flexibility index (Phi) is 15.2. The smallest absolute Gasteiger partial charge is 0.0713 e. The Balaban J connectivity index is 3.10. The largest absolute Gasteiger partial charge is 0.395 e. The Morgan fingerprint density at radius 1 is 0.750 bits per heavy atom. The van der Waals surface area contributed by atoms with Gasteiger partial charge in [-0.05, 0) is 6.42 Å². The predicted octanol–water partition coefficient (Wildman–Crippen LogP) is 3.76. The number of aliphatic hydroxyl groups excluding tert-OH is 2. The van der Waals surface area contributed by atoms with Gasteiger partial charge in [-0.2, -0.15) is 0 Å². The van der Waals surface area contributed by atoms with Crippen molar-refractivity contribution in [2.75, 3.05) is 6.61 Å². The van der Waals surface area contributed by atoms with E-state index in [1.54, 1.807) is 0 Å². The van der Waals surface area contributed by atoms with Crippen LogP contribution in [-0.4, -0.2) is 29.0 Å². The van der Waals surface area contributed by atoms with Crippen molar-refractivity contribution < 1.29 is 10.2 Å². The first kappa shape index (κ1) is 19.9. The van der Waals surface area contributed by atoms with E-state index in [1.807, 2.05) is 0 Å². The first-order valence-electron chi connectivity index (χ1n) is 8.76. The predicted molar refractivity (Wildman–Crippen MR) is 86.8 cm³/mol. The van der Waals surface area contributed by atoms with E-state index >= 15 is 0 Å². The number of aliphatic hydroxyl groups is 2. The molecule has 0 amide bonds. The van der Waals surface area contributed by atoms with Gasteiger partial charge in [0.25, 0.3) is 0 Å². The molecule has 0 bridgehead atoms. The van der Waals surface area contributed by atoms with Crippen LogP contribution < -0.4 is 5.73 Å². The highest BCUT2D eigenvalue weighted by Crippen LogP contribution is 2.13. The molecule has 0 aliphatic rings. The summed E-state index contributed by atoms with van der Waals surface area (Å²) in [5, 5.41) is 18.4. The molecule has 0 aliphatic heterocycles. The van der Waals surface area contributed by atoms with Gasteiger partial charge in [0.15, 0.2) is 0 Å². The minimum Gasteiger partial charge on any atom is -0.395 e. The monoisotopic (exact) mass is 287 g/mol. The maximum absolute atomic E-state index is 9.59. The van der Waals surface area contributed by atoms with Crippen molar-refractivity contribution in [3.8, 4) is 0 Å². The summed E-state index contributed by atoms with van der Waals surface area (Å²) in [5.41, 5.74) is 5.56. The third kappa shape index (κ3) is 12.9. The molecule has 3 heteroatoms. The average Bonchev–Trinajstić information content (AvgIpc) is 2.47. The third-order valence-corrected chi connectivity index (χ3v) is 4.06. The summed E-state index contributed by atoms with van der Waals surface area (Å²) in [6.45, 7) is 2.13. The van der Waals surface area contributed by atoms with E-state index in [0.29, 0.717) is 0 Å². The van der Waals surface area contributed by atoms with Crippen LogP contribution in [0.5, 0.6) is 0 Å². The summed E-state index contributed by atoms with van der Waals surface area (Å²) in [4.78, 5) is 0. The van der Waals surface area contributed by atoms with Crippen molar-refractivity contribution >= 4 is 0 Å². The summed E-state index contributed by atoms with van der Waals surface area (Å²) in [6, 6.07) is -0.470. The standard InChI is InChI=1S/C17H37NO2/c1-2-3-4-5-6-7-8-9-10-11-12-13-14-17(20)16(18)15-19/h16-17,19-20H,2-15,18H2,1H3/t16-,17-/m0/s1. The molecule has 0 aromatic rings. The molecule has 4 N–H and O–H groups in total. The SMILES string of the molecule is CCCCCCCCCCCCCC[C@H](O)[C@@H](N)CO. The zero-order chi connectivity index (χ0) is 15.1.